The number of methoxy groups -OCH3 is 1. The van der Waals surface area contributed by atoms with E-state index in [9.17, 15) is 0 Å². The van der Waals surface area contributed by atoms with E-state index in [4.69, 9.17) is 15.6 Å². The summed E-state index contributed by atoms with van der Waals surface area (Å²) in [6.45, 7) is 2.17. The predicted octanol–water partition coefficient (Wildman–Crippen LogP) is 0.798. The summed E-state index contributed by atoms with van der Waals surface area (Å²) in [5, 5.41) is 9.16. The van der Waals surface area contributed by atoms with Gasteiger partial charge in [0.2, 0.25) is 0 Å². The SMILES string of the molecule is COCC(N)CN(C)Cc1ccc(O)cc1. The van der Waals surface area contributed by atoms with Gasteiger partial charge in [-0.1, -0.05) is 12.1 Å². The second-order valence-electron chi connectivity index (χ2n) is 4.08. The summed E-state index contributed by atoms with van der Waals surface area (Å²) >= 11 is 0. The molecule has 1 atom stereocenters. The zero-order valence-corrected chi connectivity index (χ0v) is 9.89. The van der Waals surface area contributed by atoms with Crippen molar-refractivity contribution < 1.29 is 9.84 Å². The highest BCUT2D eigenvalue weighted by atomic mass is 16.5. The molecule has 90 valence electrons. The summed E-state index contributed by atoms with van der Waals surface area (Å²) in [4.78, 5) is 2.13. The van der Waals surface area contributed by atoms with Gasteiger partial charge in [-0.15, -0.1) is 0 Å². The van der Waals surface area contributed by atoms with E-state index in [-0.39, 0.29) is 6.04 Å². The Morgan fingerprint density at radius 1 is 1.38 bits per heavy atom. The highest BCUT2D eigenvalue weighted by molar-refractivity contribution is 5.25. The molecule has 1 aromatic rings. The van der Waals surface area contributed by atoms with Gasteiger partial charge >= 0.3 is 0 Å². The van der Waals surface area contributed by atoms with Crippen molar-refractivity contribution in [2.75, 3.05) is 27.3 Å². The van der Waals surface area contributed by atoms with E-state index >= 15 is 0 Å². The lowest BCUT2D eigenvalue weighted by Gasteiger charge is -2.20. The normalized spacial score (nSPS) is 13.0. The summed E-state index contributed by atoms with van der Waals surface area (Å²) in [6.07, 6.45) is 0. The zero-order valence-electron chi connectivity index (χ0n) is 9.89. The van der Waals surface area contributed by atoms with Crippen LogP contribution in [0.1, 0.15) is 5.56 Å². The quantitative estimate of drug-likeness (QED) is 0.750. The molecule has 0 saturated carbocycles. The molecule has 0 aliphatic rings. The van der Waals surface area contributed by atoms with Crippen molar-refractivity contribution in [3.8, 4) is 5.75 Å². The van der Waals surface area contributed by atoms with Crippen LogP contribution < -0.4 is 5.73 Å². The maximum atomic E-state index is 9.16. The molecular formula is C12H20N2O2. The highest BCUT2D eigenvalue weighted by Gasteiger charge is 2.06. The molecule has 1 unspecified atom stereocenters. The van der Waals surface area contributed by atoms with Crippen LogP contribution in [0.2, 0.25) is 0 Å². The predicted molar refractivity (Wildman–Crippen MR) is 64.3 cm³/mol. The molecule has 1 aromatic carbocycles. The number of nitrogens with zero attached hydrogens (tertiary/aromatic N) is 1. The van der Waals surface area contributed by atoms with Gasteiger partial charge in [-0.05, 0) is 24.7 Å². The third-order valence-electron chi connectivity index (χ3n) is 2.32. The highest BCUT2D eigenvalue weighted by Crippen LogP contribution is 2.10. The molecule has 0 fully saturated rings. The fourth-order valence-electron chi connectivity index (χ4n) is 1.64. The molecule has 0 saturated heterocycles. The molecule has 4 heteroatoms. The molecule has 0 aliphatic heterocycles. The van der Waals surface area contributed by atoms with Crippen LogP contribution >= 0.6 is 0 Å². The summed E-state index contributed by atoms with van der Waals surface area (Å²) in [6, 6.07) is 7.24. The third kappa shape index (κ3) is 4.61. The average molecular weight is 224 g/mol. The lowest BCUT2D eigenvalue weighted by molar-refractivity contribution is 0.160. The van der Waals surface area contributed by atoms with Crippen molar-refractivity contribution >= 4 is 0 Å². The molecule has 16 heavy (non-hydrogen) atoms. The van der Waals surface area contributed by atoms with Crippen LogP contribution in [0, 0.1) is 0 Å². The number of rotatable bonds is 6. The second kappa shape index (κ2) is 6.48. The Balaban J connectivity index is 2.39. The van der Waals surface area contributed by atoms with E-state index in [1.165, 1.54) is 0 Å². The Hall–Kier alpha value is -1.10. The van der Waals surface area contributed by atoms with E-state index in [0.717, 1.165) is 18.7 Å². The van der Waals surface area contributed by atoms with Crippen LogP contribution in [0.15, 0.2) is 24.3 Å². The van der Waals surface area contributed by atoms with E-state index in [1.807, 2.05) is 19.2 Å². The maximum Gasteiger partial charge on any atom is 0.115 e. The number of likely N-dealkylation sites (N-methyl/N-ethyl adjacent to an activating group) is 1. The number of benzene rings is 1. The number of ether oxygens (including phenoxy) is 1. The maximum absolute atomic E-state index is 9.16. The molecule has 3 N–H and O–H groups in total. The zero-order chi connectivity index (χ0) is 12.0. The van der Waals surface area contributed by atoms with Gasteiger partial charge in [0.25, 0.3) is 0 Å². The van der Waals surface area contributed by atoms with Gasteiger partial charge < -0.3 is 20.5 Å². The number of aromatic hydroxyl groups is 1. The Labute approximate surface area is 96.6 Å². The molecule has 0 aromatic heterocycles. The average Bonchev–Trinajstić information content (AvgIpc) is 2.21. The van der Waals surface area contributed by atoms with Crippen LogP contribution in [-0.2, 0) is 11.3 Å². The molecule has 0 spiro atoms. The largest absolute Gasteiger partial charge is 0.508 e. The molecule has 4 nitrogen and oxygen atoms in total. The Bertz CT molecular complexity index is 300. The van der Waals surface area contributed by atoms with Crippen molar-refractivity contribution in [2.45, 2.75) is 12.6 Å². The van der Waals surface area contributed by atoms with Gasteiger partial charge in [0.05, 0.1) is 6.61 Å². The van der Waals surface area contributed by atoms with Crippen molar-refractivity contribution in [2.24, 2.45) is 5.73 Å². The fourth-order valence-corrected chi connectivity index (χ4v) is 1.64. The van der Waals surface area contributed by atoms with Crippen LogP contribution in [0.3, 0.4) is 0 Å². The van der Waals surface area contributed by atoms with Crippen LogP contribution in [-0.4, -0.2) is 43.4 Å². The lowest BCUT2D eigenvalue weighted by Crippen LogP contribution is -2.38. The fraction of sp³-hybridized carbons (Fsp3) is 0.500. The van der Waals surface area contributed by atoms with Crippen LogP contribution in [0.25, 0.3) is 0 Å². The molecule has 0 bridgehead atoms. The smallest absolute Gasteiger partial charge is 0.115 e. The van der Waals surface area contributed by atoms with E-state index in [0.29, 0.717) is 12.4 Å². The van der Waals surface area contributed by atoms with E-state index < -0.39 is 0 Å². The molecule has 0 heterocycles. The monoisotopic (exact) mass is 224 g/mol. The number of hydrogen-bond acceptors (Lipinski definition) is 4. The minimum Gasteiger partial charge on any atom is -0.508 e. The topological polar surface area (TPSA) is 58.7 Å². The first-order valence-corrected chi connectivity index (χ1v) is 5.32. The van der Waals surface area contributed by atoms with Gasteiger partial charge in [-0.2, -0.15) is 0 Å². The van der Waals surface area contributed by atoms with Crippen molar-refractivity contribution in [3.05, 3.63) is 29.8 Å². The molecule has 0 radical (unpaired) electrons. The van der Waals surface area contributed by atoms with Gasteiger partial charge in [-0.3, -0.25) is 0 Å². The molecule has 1 rings (SSSR count). The van der Waals surface area contributed by atoms with E-state index in [1.54, 1.807) is 19.2 Å². The summed E-state index contributed by atoms with van der Waals surface area (Å²) in [5.41, 5.74) is 7.01. The van der Waals surface area contributed by atoms with Crippen LogP contribution in [0.4, 0.5) is 0 Å². The number of hydrogen-bond donors (Lipinski definition) is 2. The molecule has 0 amide bonds. The van der Waals surface area contributed by atoms with Gasteiger partial charge in [0.15, 0.2) is 0 Å². The Morgan fingerprint density at radius 2 is 2.00 bits per heavy atom. The first kappa shape index (κ1) is 13.0. The van der Waals surface area contributed by atoms with Gasteiger partial charge in [0, 0.05) is 26.2 Å². The number of nitrogens with two attached hydrogens (primary N) is 1. The minimum atomic E-state index is 0.0344. The first-order valence-electron chi connectivity index (χ1n) is 5.32. The number of phenols is 1. The van der Waals surface area contributed by atoms with Gasteiger partial charge in [-0.25, -0.2) is 0 Å². The van der Waals surface area contributed by atoms with Crippen molar-refractivity contribution in [1.82, 2.24) is 4.90 Å². The van der Waals surface area contributed by atoms with Gasteiger partial charge in [0.1, 0.15) is 5.75 Å². The second-order valence-corrected chi connectivity index (χ2v) is 4.08. The first-order chi connectivity index (χ1) is 7.61. The van der Waals surface area contributed by atoms with Crippen LogP contribution in [0.5, 0.6) is 5.75 Å². The van der Waals surface area contributed by atoms with E-state index in [2.05, 4.69) is 4.90 Å². The lowest BCUT2D eigenvalue weighted by atomic mass is 10.2. The summed E-state index contributed by atoms with van der Waals surface area (Å²) < 4.78 is 4.99. The Kier molecular flexibility index (Phi) is 5.25. The van der Waals surface area contributed by atoms with Crippen molar-refractivity contribution in [1.29, 1.82) is 0 Å². The third-order valence-corrected chi connectivity index (χ3v) is 2.32. The summed E-state index contributed by atoms with van der Waals surface area (Å²) in [5.74, 6) is 0.294. The van der Waals surface area contributed by atoms with Crippen molar-refractivity contribution in [3.63, 3.8) is 0 Å². The molecular weight excluding hydrogens is 204 g/mol. The standard InChI is InChI=1S/C12H20N2O2/c1-14(8-11(13)9-16-2)7-10-3-5-12(15)6-4-10/h3-6,11,15H,7-9,13H2,1-2H3. The Morgan fingerprint density at radius 3 is 2.56 bits per heavy atom. The number of phenolic OH excluding ortho intramolecular Hbond substituents is 1. The summed E-state index contributed by atoms with van der Waals surface area (Å²) in [7, 11) is 3.67. The minimum absolute atomic E-state index is 0.0344. The molecule has 0 aliphatic carbocycles.